The molecule has 1 aromatic heterocycles. The number of nitriles is 3. The largest absolute Gasteiger partial charge is 0.494 e. The molecule has 8 nitrogen and oxygen atoms in total. The maximum Gasteiger partial charge on any atom is 0.291 e. The monoisotopic (exact) mass is 333 g/mol. The minimum atomic E-state index is -0.446. The van der Waals surface area contributed by atoms with Crippen LogP contribution in [-0.2, 0) is 0 Å². The van der Waals surface area contributed by atoms with E-state index in [1.54, 1.807) is 36.4 Å². The second kappa shape index (κ2) is 7.87. The summed E-state index contributed by atoms with van der Waals surface area (Å²) in [4.78, 5) is 12.0. The van der Waals surface area contributed by atoms with Crippen LogP contribution in [0.15, 0.2) is 52.3 Å². The average molecular weight is 333 g/mol. The molecule has 2 rings (SSSR count). The molecule has 25 heavy (non-hydrogen) atoms. The smallest absolute Gasteiger partial charge is 0.291 e. The van der Waals surface area contributed by atoms with Crippen molar-refractivity contribution in [1.29, 1.82) is 15.8 Å². The summed E-state index contributed by atoms with van der Waals surface area (Å²) in [6.45, 7) is 0. The lowest BCUT2D eigenvalue weighted by atomic mass is 10.2. The lowest BCUT2D eigenvalue weighted by Crippen LogP contribution is -2.12. The third-order valence-corrected chi connectivity index (χ3v) is 3.05. The molecular formula is C17H11N5O3. The van der Waals surface area contributed by atoms with Gasteiger partial charge >= 0.3 is 0 Å². The van der Waals surface area contributed by atoms with Crippen LogP contribution in [0.1, 0.15) is 10.6 Å². The highest BCUT2D eigenvalue weighted by molar-refractivity contribution is 6.03. The number of anilines is 2. The van der Waals surface area contributed by atoms with Crippen molar-refractivity contribution < 1.29 is 13.9 Å². The number of amides is 1. The molecule has 0 aliphatic rings. The summed E-state index contributed by atoms with van der Waals surface area (Å²) < 4.78 is 10.2. The molecule has 0 saturated heterocycles. The average Bonchev–Trinajstić information content (AvgIpc) is 3.17. The number of furan rings is 1. The molecule has 122 valence electrons. The number of hydrogen-bond donors (Lipinski definition) is 2. The van der Waals surface area contributed by atoms with Gasteiger partial charge in [-0.3, -0.25) is 4.79 Å². The van der Waals surface area contributed by atoms with Crippen LogP contribution in [0.4, 0.5) is 11.4 Å². The van der Waals surface area contributed by atoms with Crippen molar-refractivity contribution in [3.63, 3.8) is 0 Å². The molecule has 0 spiro atoms. The summed E-state index contributed by atoms with van der Waals surface area (Å²) >= 11 is 0. The first-order chi connectivity index (χ1) is 12.1. The summed E-state index contributed by atoms with van der Waals surface area (Å²) in [5.74, 6) is 0.0159. The molecule has 0 bridgehead atoms. The van der Waals surface area contributed by atoms with Crippen molar-refractivity contribution in [2.75, 3.05) is 17.7 Å². The highest BCUT2D eigenvalue weighted by atomic mass is 16.5. The highest BCUT2D eigenvalue weighted by Gasteiger charge is 2.13. The zero-order valence-corrected chi connectivity index (χ0v) is 13.0. The molecule has 0 aliphatic heterocycles. The van der Waals surface area contributed by atoms with Crippen LogP contribution in [0.5, 0.6) is 5.75 Å². The number of carbonyl (C=O) groups excluding carboxylic acids is 1. The molecule has 0 fully saturated rings. The summed E-state index contributed by atoms with van der Waals surface area (Å²) in [7, 11) is 1.42. The molecule has 1 aromatic carbocycles. The van der Waals surface area contributed by atoms with E-state index < -0.39 is 5.91 Å². The van der Waals surface area contributed by atoms with Gasteiger partial charge in [-0.25, -0.2) is 0 Å². The number of nitrogens with zero attached hydrogens (tertiary/aromatic N) is 3. The molecule has 0 saturated carbocycles. The van der Waals surface area contributed by atoms with Crippen LogP contribution in [-0.4, -0.2) is 13.0 Å². The van der Waals surface area contributed by atoms with Crippen molar-refractivity contribution >= 4 is 17.3 Å². The molecule has 1 heterocycles. The SMILES string of the molecule is COc1cc(NC(C#N)=C(C#N)C#N)ccc1NC(=O)c1ccco1. The number of allylic oxidation sites excluding steroid dienone is 2. The van der Waals surface area contributed by atoms with Gasteiger partial charge in [-0.2, -0.15) is 15.8 Å². The van der Waals surface area contributed by atoms with Gasteiger partial charge in [-0.1, -0.05) is 0 Å². The van der Waals surface area contributed by atoms with Crippen LogP contribution in [0.3, 0.4) is 0 Å². The van der Waals surface area contributed by atoms with Gasteiger partial charge in [0.1, 0.15) is 29.7 Å². The first kappa shape index (κ1) is 17.1. The third kappa shape index (κ3) is 3.95. The minimum absolute atomic E-state index is 0.145. The van der Waals surface area contributed by atoms with E-state index in [-0.39, 0.29) is 17.0 Å². The Labute approximate surface area is 143 Å². The molecular weight excluding hydrogens is 322 g/mol. The first-order valence-corrected chi connectivity index (χ1v) is 6.87. The maximum absolute atomic E-state index is 12.0. The van der Waals surface area contributed by atoms with Gasteiger partial charge in [0.05, 0.1) is 19.1 Å². The van der Waals surface area contributed by atoms with Crippen LogP contribution in [0.25, 0.3) is 0 Å². The van der Waals surface area contributed by atoms with E-state index in [2.05, 4.69) is 10.6 Å². The van der Waals surface area contributed by atoms with E-state index in [1.165, 1.54) is 25.5 Å². The fourth-order valence-corrected chi connectivity index (χ4v) is 1.89. The number of nitrogens with one attached hydrogen (secondary N) is 2. The van der Waals surface area contributed by atoms with E-state index in [0.717, 1.165) is 0 Å². The van der Waals surface area contributed by atoms with E-state index in [4.69, 9.17) is 24.9 Å². The van der Waals surface area contributed by atoms with Gasteiger partial charge in [-0.05, 0) is 24.3 Å². The second-order valence-corrected chi connectivity index (χ2v) is 4.56. The molecule has 0 radical (unpaired) electrons. The number of benzene rings is 1. The van der Waals surface area contributed by atoms with E-state index >= 15 is 0 Å². The standard InChI is InChI=1S/C17H11N5O3/c1-24-16-7-12(21-14(10-20)11(8-18)9-19)4-5-13(16)22-17(23)15-3-2-6-25-15/h2-7,21H,1H3,(H,22,23). The van der Waals surface area contributed by atoms with E-state index in [1.807, 2.05) is 0 Å². The molecule has 8 heteroatoms. The molecule has 0 unspecified atom stereocenters. The number of carbonyl (C=O) groups is 1. The van der Waals surface area contributed by atoms with Crippen molar-refractivity contribution in [2.45, 2.75) is 0 Å². The quantitative estimate of drug-likeness (QED) is 0.803. The third-order valence-electron chi connectivity index (χ3n) is 3.05. The highest BCUT2D eigenvalue weighted by Crippen LogP contribution is 2.29. The van der Waals surface area contributed by atoms with Crippen LogP contribution in [0.2, 0.25) is 0 Å². The Hall–Kier alpha value is -4.22. The van der Waals surface area contributed by atoms with Gasteiger partial charge in [0, 0.05) is 11.8 Å². The zero-order chi connectivity index (χ0) is 18.2. The fraction of sp³-hybridized carbons (Fsp3) is 0.0588. The Balaban J connectivity index is 2.27. The van der Waals surface area contributed by atoms with Gasteiger partial charge in [0.25, 0.3) is 5.91 Å². The Morgan fingerprint density at radius 1 is 1.12 bits per heavy atom. The summed E-state index contributed by atoms with van der Waals surface area (Å²) in [5, 5.41) is 32.0. The van der Waals surface area contributed by atoms with Crippen LogP contribution < -0.4 is 15.4 Å². The predicted molar refractivity (Wildman–Crippen MR) is 87.1 cm³/mol. The van der Waals surface area contributed by atoms with Crippen LogP contribution >= 0.6 is 0 Å². The lowest BCUT2D eigenvalue weighted by molar-refractivity contribution is 0.0996. The lowest BCUT2D eigenvalue weighted by Gasteiger charge is -2.12. The first-order valence-electron chi connectivity index (χ1n) is 6.87. The van der Waals surface area contributed by atoms with Crippen molar-refractivity contribution in [1.82, 2.24) is 0 Å². The van der Waals surface area contributed by atoms with Crippen LogP contribution in [0, 0.1) is 34.0 Å². The number of ether oxygens (including phenoxy) is 1. The number of hydrogen-bond acceptors (Lipinski definition) is 7. The van der Waals surface area contributed by atoms with Gasteiger partial charge in [-0.15, -0.1) is 0 Å². The Morgan fingerprint density at radius 2 is 1.88 bits per heavy atom. The minimum Gasteiger partial charge on any atom is -0.494 e. The summed E-state index contributed by atoms with van der Waals surface area (Å²) in [6.07, 6.45) is 1.39. The normalized spacial score (nSPS) is 9.04. The summed E-state index contributed by atoms with van der Waals surface area (Å²) in [5.41, 5.74) is 0.279. The summed E-state index contributed by atoms with van der Waals surface area (Å²) in [6, 6.07) is 12.8. The molecule has 0 aliphatic carbocycles. The molecule has 2 aromatic rings. The topological polar surface area (TPSA) is 135 Å². The van der Waals surface area contributed by atoms with Gasteiger partial charge in [0.2, 0.25) is 0 Å². The molecule has 2 N–H and O–H groups in total. The Morgan fingerprint density at radius 3 is 2.44 bits per heavy atom. The van der Waals surface area contributed by atoms with Crippen molar-refractivity contribution in [2.24, 2.45) is 0 Å². The number of rotatable bonds is 5. The number of methoxy groups -OCH3 is 1. The Kier molecular flexibility index (Phi) is 5.39. The predicted octanol–water partition coefficient (Wildman–Crippen LogP) is 2.78. The zero-order valence-electron chi connectivity index (χ0n) is 13.0. The Bertz CT molecular complexity index is 924. The molecule has 0 atom stereocenters. The van der Waals surface area contributed by atoms with E-state index in [0.29, 0.717) is 17.1 Å². The van der Waals surface area contributed by atoms with Gasteiger partial charge < -0.3 is 19.8 Å². The van der Waals surface area contributed by atoms with Crippen molar-refractivity contribution in [3.05, 3.63) is 53.6 Å². The maximum atomic E-state index is 12.0. The second-order valence-electron chi connectivity index (χ2n) is 4.56. The van der Waals surface area contributed by atoms with Crippen molar-refractivity contribution in [3.8, 4) is 24.0 Å². The fourth-order valence-electron chi connectivity index (χ4n) is 1.89. The van der Waals surface area contributed by atoms with E-state index in [9.17, 15) is 4.79 Å². The van der Waals surface area contributed by atoms with Gasteiger partial charge in [0.15, 0.2) is 11.3 Å². The molecule has 1 amide bonds.